The van der Waals surface area contributed by atoms with Crippen molar-refractivity contribution >= 4 is 22.2 Å². The van der Waals surface area contributed by atoms with Crippen molar-refractivity contribution < 1.29 is 0 Å². The molecule has 110 valence electrons. The van der Waals surface area contributed by atoms with Gasteiger partial charge in [-0.05, 0) is 17.7 Å². The van der Waals surface area contributed by atoms with E-state index in [9.17, 15) is 0 Å². The average Bonchev–Trinajstić information content (AvgIpc) is 3.12. The highest BCUT2D eigenvalue weighted by atomic mass is 32.1. The smallest absolute Gasteiger partial charge is 0.0953 e. The third-order valence-electron chi connectivity index (χ3n) is 3.62. The van der Waals surface area contributed by atoms with Gasteiger partial charge in [-0.3, -0.25) is 0 Å². The third kappa shape index (κ3) is 3.34. The molecule has 0 amide bonds. The van der Waals surface area contributed by atoms with Crippen molar-refractivity contribution in [3.8, 4) is 0 Å². The van der Waals surface area contributed by atoms with Crippen LogP contribution in [-0.4, -0.2) is 16.5 Å². The van der Waals surface area contributed by atoms with E-state index in [4.69, 9.17) is 0 Å². The Morgan fingerprint density at radius 3 is 3.00 bits per heavy atom. The molecule has 3 nitrogen and oxygen atoms in total. The minimum absolute atomic E-state index is 0.530. The lowest BCUT2D eigenvalue weighted by Crippen LogP contribution is -2.17. The summed E-state index contributed by atoms with van der Waals surface area (Å²) in [4.78, 5) is 7.92. The second-order valence-electron chi connectivity index (χ2n) is 5.61. The Balaban J connectivity index is 1.53. The third-order valence-corrected chi connectivity index (χ3v) is 4.82. The fourth-order valence-electron chi connectivity index (χ4n) is 2.45. The lowest BCUT2D eigenvalue weighted by Gasteiger charge is -2.05. The molecule has 0 fully saturated rings. The van der Waals surface area contributed by atoms with Crippen LogP contribution in [0, 0.1) is 0 Å². The number of nitrogens with zero attached hydrogens (tertiary/aromatic N) is 1. The lowest BCUT2D eigenvalue weighted by atomic mass is 10.1. The van der Waals surface area contributed by atoms with Gasteiger partial charge in [0.15, 0.2) is 0 Å². The van der Waals surface area contributed by atoms with Crippen LogP contribution in [0.1, 0.15) is 36.0 Å². The minimum Gasteiger partial charge on any atom is -0.361 e. The van der Waals surface area contributed by atoms with Crippen LogP contribution in [0.5, 0.6) is 0 Å². The number of hydrogen-bond acceptors (Lipinski definition) is 3. The highest BCUT2D eigenvalue weighted by Gasteiger charge is 2.05. The Hall–Kier alpha value is -1.65. The van der Waals surface area contributed by atoms with Crippen molar-refractivity contribution in [1.29, 1.82) is 0 Å². The van der Waals surface area contributed by atoms with Gasteiger partial charge in [-0.2, -0.15) is 0 Å². The number of aromatic nitrogens is 2. The molecule has 2 aromatic heterocycles. The Kier molecular flexibility index (Phi) is 4.36. The predicted molar refractivity (Wildman–Crippen MR) is 89.9 cm³/mol. The van der Waals surface area contributed by atoms with Crippen LogP contribution in [0.25, 0.3) is 10.9 Å². The van der Waals surface area contributed by atoms with Crippen LogP contribution >= 0.6 is 11.3 Å². The van der Waals surface area contributed by atoms with Crippen LogP contribution in [0.2, 0.25) is 0 Å². The van der Waals surface area contributed by atoms with Gasteiger partial charge >= 0.3 is 0 Å². The average molecular weight is 299 g/mol. The van der Waals surface area contributed by atoms with Crippen molar-refractivity contribution in [3.63, 3.8) is 0 Å². The van der Waals surface area contributed by atoms with Crippen molar-refractivity contribution in [2.45, 2.75) is 32.7 Å². The molecule has 0 aliphatic heterocycles. The number of H-pyrrole nitrogens is 1. The van der Waals surface area contributed by atoms with E-state index in [1.165, 1.54) is 27.2 Å². The standard InChI is InChI=1S/C17H21N3S/c1-12(2)17-20-14(11-21-17)6-8-18-10-13-4-3-5-16-15(13)7-9-19-16/h3-5,7,9,11-12,18-19H,6,8,10H2,1-2H3. The first kappa shape index (κ1) is 14.3. The van der Waals surface area contributed by atoms with Crippen LogP contribution < -0.4 is 5.32 Å². The van der Waals surface area contributed by atoms with Crippen molar-refractivity contribution in [2.24, 2.45) is 0 Å². The second-order valence-corrected chi connectivity index (χ2v) is 6.50. The molecular weight excluding hydrogens is 278 g/mol. The molecule has 0 bridgehead atoms. The van der Waals surface area contributed by atoms with Gasteiger partial charge in [0, 0.05) is 47.9 Å². The van der Waals surface area contributed by atoms with Crippen LogP contribution in [0.4, 0.5) is 0 Å². The zero-order chi connectivity index (χ0) is 14.7. The number of benzene rings is 1. The van der Waals surface area contributed by atoms with E-state index < -0.39 is 0 Å². The van der Waals surface area contributed by atoms with Gasteiger partial charge in [0.2, 0.25) is 0 Å². The summed E-state index contributed by atoms with van der Waals surface area (Å²) in [5.74, 6) is 0.530. The Labute approximate surface area is 129 Å². The van der Waals surface area contributed by atoms with Crippen LogP contribution in [-0.2, 0) is 13.0 Å². The summed E-state index contributed by atoms with van der Waals surface area (Å²) in [6.45, 7) is 6.25. The van der Waals surface area contributed by atoms with Gasteiger partial charge in [0.05, 0.1) is 10.7 Å². The van der Waals surface area contributed by atoms with Crippen LogP contribution in [0.3, 0.4) is 0 Å². The maximum atomic E-state index is 4.67. The minimum atomic E-state index is 0.530. The highest BCUT2D eigenvalue weighted by Crippen LogP contribution is 2.19. The van der Waals surface area contributed by atoms with Gasteiger partial charge in [0.1, 0.15) is 0 Å². The summed E-state index contributed by atoms with van der Waals surface area (Å²) in [7, 11) is 0. The SMILES string of the molecule is CC(C)c1nc(CCNCc2cccc3[nH]ccc23)cs1. The quantitative estimate of drug-likeness (QED) is 0.673. The number of hydrogen-bond donors (Lipinski definition) is 2. The van der Waals surface area contributed by atoms with Gasteiger partial charge in [-0.15, -0.1) is 11.3 Å². The first-order chi connectivity index (χ1) is 10.2. The fraction of sp³-hybridized carbons (Fsp3) is 0.353. The normalized spacial score (nSPS) is 11.6. The molecule has 0 aliphatic rings. The molecule has 3 rings (SSSR count). The Morgan fingerprint density at radius 2 is 2.19 bits per heavy atom. The summed E-state index contributed by atoms with van der Waals surface area (Å²) in [5, 5.41) is 8.25. The van der Waals surface area contributed by atoms with E-state index >= 15 is 0 Å². The van der Waals surface area contributed by atoms with Crippen molar-refractivity contribution in [3.05, 3.63) is 52.1 Å². The molecule has 2 heterocycles. The number of thiazole rings is 1. The number of aromatic amines is 1. The fourth-order valence-corrected chi connectivity index (χ4v) is 3.32. The zero-order valence-corrected chi connectivity index (χ0v) is 13.3. The zero-order valence-electron chi connectivity index (χ0n) is 12.5. The van der Waals surface area contributed by atoms with E-state index in [1.54, 1.807) is 11.3 Å². The summed E-state index contributed by atoms with van der Waals surface area (Å²) in [5.41, 5.74) is 3.75. The summed E-state index contributed by atoms with van der Waals surface area (Å²) in [6.07, 6.45) is 2.99. The maximum absolute atomic E-state index is 4.67. The molecule has 0 unspecified atom stereocenters. The molecule has 3 aromatic rings. The molecule has 0 saturated carbocycles. The first-order valence-electron chi connectivity index (χ1n) is 7.44. The van der Waals surface area contributed by atoms with Crippen molar-refractivity contribution in [1.82, 2.24) is 15.3 Å². The predicted octanol–water partition coefficient (Wildman–Crippen LogP) is 4.08. The monoisotopic (exact) mass is 299 g/mol. The first-order valence-corrected chi connectivity index (χ1v) is 8.32. The molecule has 0 atom stereocenters. The van der Waals surface area contributed by atoms with Gasteiger partial charge in [-0.1, -0.05) is 26.0 Å². The molecule has 0 spiro atoms. The molecule has 1 aromatic carbocycles. The van der Waals surface area contributed by atoms with E-state index in [0.717, 1.165) is 19.5 Å². The van der Waals surface area contributed by atoms with E-state index in [1.807, 2.05) is 6.20 Å². The lowest BCUT2D eigenvalue weighted by molar-refractivity contribution is 0.682. The Morgan fingerprint density at radius 1 is 1.29 bits per heavy atom. The number of rotatable bonds is 6. The highest BCUT2D eigenvalue weighted by molar-refractivity contribution is 7.09. The Bertz CT molecular complexity index is 711. The summed E-state index contributed by atoms with van der Waals surface area (Å²) >= 11 is 1.77. The number of nitrogens with one attached hydrogen (secondary N) is 2. The van der Waals surface area contributed by atoms with Crippen LogP contribution in [0.15, 0.2) is 35.8 Å². The van der Waals surface area contributed by atoms with Crippen molar-refractivity contribution in [2.75, 3.05) is 6.54 Å². The molecule has 0 saturated heterocycles. The van der Waals surface area contributed by atoms with Gasteiger partial charge in [-0.25, -0.2) is 4.98 Å². The topological polar surface area (TPSA) is 40.7 Å². The van der Waals surface area contributed by atoms with Gasteiger partial charge in [0.25, 0.3) is 0 Å². The van der Waals surface area contributed by atoms with Gasteiger partial charge < -0.3 is 10.3 Å². The molecule has 21 heavy (non-hydrogen) atoms. The summed E-state index contributed by atoms with van der Waals surface area (Å²) in [6, 6.07) is 8.54. The van der Waals surface area contributed by atoms with E-state index in [0.29, 0.717) is 5.92 Å². The van der Waals surface area contributed by atoms with E-state index in [2.05, 4.69) is 58.8 Å². The second kappa shape index (κ2) is 6.41. The molecule has 2 N–H and O–H groups in total. The molecule has 0 aliphatic carbocycles. The molecular formula is C17H21N3S. The molecule has 0 radical (unpaired) electrons. The largest absolute Gasteiger partial charge is 0.361 e. The maximum Gasteiger partial charge on any atom is 0.0953 e. The van der Waals surface area contributed by atoms with E-state index in [-0.39, 0.29) is 0 Å². The summed E-state index contributed by atoms with van der Waals surface area (Å²) < 4.78 is 0. The molecule has 4 heteroatoms. The number of fused-ring (bicyclic) bond motifs is 1.